The lowest BCUT2D eigenvalue weighted by Gasteiger charge is -2.63. The Morgan fingerprint density at radius 3 is 2.09 bits per heavy atom. The monoisotopic (exact) mass is 925 g/mol. The maximum atomic E-state index is 13.9. The lowest BCUT2D eigenvalue weighted by Crippen LogP contribution is -2.74. The molecule has 1 heterocycles. The number of ether oxygens (including phenoxy) is 3. The molecule has 1 saturated heterocycles. The van der Waals surface area contributed by atoms with E-state index in [4.69, 9.17) is 37.4 Å². The van der Waals surface area contributed by atoms with Crippen LogP contribution in [0.3, 0.4) is 0 Å². The van der Waals surface area contributed by atoms with Crippen molar-refractivity contribution in [2.24, 2.45) is 16.2 Å². The topological polar surface area (TPSA) is 179 Å². The van der Waals surface area contributed by atoms with Crippen molar-refractivity contribution in [2.75, 3.05) is 26.4 Å². The number of amides is 4. The standard InChI is InChI=1S/C50H57Cl2N5O8/c1-48(2,3)42(45(62)57-28-36(58)24-40(57)44(61)54-27-30-8-17-35(51)18-9-30)55-41(59)29-63-22-23-64-37-19-14-32(15-20-37)31-10-12-33(13-11-31)43(60)56-46-49(4,5)47(50(46,6)7)65-38-21-16-34(26-53)39(52)25-38/h8-21,25,36,40,42,46-47,58H,22-24,27-29H2,1-7H3,(H,54,61)(H,55,59)(H,56,60)/t36-,40+,42-,46?,47?/m1/s1. The van der Waals surface area contributed by atoms with Crippen molar-refractivity contribution >= 4 is 46.8 Å². The number of halogens is 2. The highest BCUT2D eigenvalue weighted by Crippen LogP contribution is 2.55. The molecule has 4 N–H and O–H groups in total. The number of β-amino-alcohol motifs (C(OH)–C–C–N with tert-alkyl or cyclic N) is 1. The fourth-order valence-corrected chi connectivity index (χ4v) is 9.32. The zero-order valence-corrected chi connectivity index (χ0v) is 39.3. The molecule has 15 heteroatoms. The molecular weight excluding hydrogens is 869 g/mol. The van der Waals surface area contributed by atoms with Gasteiger partial charge in [0.15, 0.2) is 0 Å². The average molecular weight is 927 g/mol. The molecule has 0 aromatic heterocycles. The predicted octanol–water partition coefficient (Wildman–Crippen LogP) is 7.35. The van der Waals surface area contributed by atoms with Gasteiger partial charge in [-0.2, -0.15) is 5.26 Å². The van der Waals surface area contributed by atoms with Gasteiger partial charge in [0.2, 0.25) is 17.7 Å². The van der Waals surface area contributed by atoms with Crippen LogP contribution in [0.2, 0.25) is 10.0 Å². The largest absolute Gasteiger partial charge is 0.491 e. The van der Waals surface area contributed by atoms with Gasteiger partial charge in [0, 0.05) is 53.0 Å². The number of aliphatic hydroxyl groups is 1. The molecule has 4 aromatic rings. The third-order valence-corrected chi connectivity index (χ3v) is 12.7. The molecule has 6 rings (SSSR count). The van der Waals surface area contributed by atoms with E-state index in [0.717, 1.165) is 16.7 Å². The number of hydrogen-bond donors (Lipinski definition) is 4. The van der Waals surface area contributed by atoms with Gasteiger partial charge in [-0.3, -0.25) is 19.2 Å². The highest BCUT2D eigenvalue weighted by atomic mass is 35.5. The molecule has 0 spiro atoms. The summed E-state index contributed by atoms with van der Waals surface area (Å²) >= 11 is 12.2. The lowest BCUT2D eigenvalue weighted by molar-refractivity contribution is -0.164. The van der Waals surface area contributed by atoms with Crippen LogP contribution >= 0.6 is 23.2 Å². The first-order valence-corrected chi connectivity index (χ1v) is 22.3. The van der Waals surface area contributed by atoms with Crippen molar-refractivity contribution in [3.63, 3.8) is 0 Å². The molecule has 0 bridgehead atoms. The number of nitrogens with one attached hydrogen (secondary N) is 3. The molecular formula is C50H57Cl2N5O8. The number of rotatable bonds is 16. The van der Waals surface area contributed by atoms with E-state index in [9.17, 15) is 29.5 Å². The van der Waals surface area contributed by atoms with Gasteiger partial charge in [0.05, 0.1) is 23.3 Å². The summed E-state index contributed by atoms with van der Waals surface area (Å²) in [6, 6.07) is 26.9. The van der Waals surface area contributed by atoms with Crippen LogP contribution in [0.15, 0.2) is 91.0 Å². The number of hydrogen-bond acceptors (Lipinski definition) is 9. The molecule has 1 aliphatic heterocycles. The van der Waals surface area contributed by atoms with Crippen LogP contribution in [0.4, 0.5) is 0 Å². The smallest absolute Gasteiger partial charge is 0.251 e. The van der Waals surface area contributed by atoms with Crippen LogP contribution in [0.25, 0.3) is 11.1 Å². The molecule has 2 fully saturated rings. The first-order valence-electron chi connectivity index (χ1n) is 21.6. The minimum absolute atomic E-state index is 0.0304. The molecule has 344 valence electrons. The van der Waals surface area contributed by atoms with E-state index in [0.29, 0.717) is 32.7 Å². The van der Waals surface area contributed by atoms with Gasteiger partial charge in [0.1, 0.15) is 49.0 Å². The minimum Gasteiger partial charge on any atom is -0.491 e. The minimum atomic E-state index is -0.983. The predicted molar refractivity (Wildman–Crippen MR) is 248 cm³/mol. The Kier molecular flexibility index (Phi) is 15.2. The lowest BCUT2D eigenvalue weighted by atomic mass is 9.49. The molecule has 13 nitrogen and oxygen atoms in total. The van der Waals surface area contributed by atoms with Crippen molar-refractivity contribution in [3.05, 3.63) is 118 Å². The highest BCUT2D eigenvalue weighted by Gasteiger charge is 2.64. The molecule has 3 atom stereocenters. The number of carbonyl (C=O) groups is 4. The van der Waals surface area contributed by atoms with Gasteiger partial charge in [-0.1, -0.05) is 108 Å². The Balaban J connectivity index is 0.937. The molecule has 4 amide bonds. The van der Waals surface area contributed by atoms with Crippen molar-refractivity contribution in [1.82, 2.24) is 20.9 Å². The summed E-state index contributed by atoms with van der Waals surface area (Å²) < 4.78 is 17.8. The molecule has 4 aromatic carbocycles. The van der Waals surface area contributed by atoms with Crippen molar-refractivity contribution < 1.29 is 38.5 Å². The van der Waals surface area contributed by atoms with Crippen LogP contribution < -0.4 is 25.4 Å². The summed E-state index contributed by atoms with van der Waals surface area (Å²) in [4.78, 5) is 54.9. The Bertz CT molecular complexity index is 2380. The summed E-state index contributed by atoms with van der Waals surface area (Å²) in [6.07, 6.45) is -1.01. The van der Waals surface area contributed by atoms with Gasteiger partial charge in [0.25, 0.3) is 5.91 Å². The van der Waals surface area contributed by atoms with Gasteiger partial charge in [-0.05, 0) is 70.6 Å². The molecule has 65 heavy (non-hydrogen) atoms. The average Bonchev–Trinajstić information content (AvgIpc) is 3.67. The second-order valence-corrected chi connectivity index (χ2v) is 19.8. The van der Waals surface area contributed by atoms with Crippen LogP contribution in [-0.4, -0.2) is 90.3 Å². The summed E-state index contributed by atoms with van der Waals surface area (Å²) in [5, 5.41) is 29.4. The maximum absolute atomic E-state index is 13.9. The third-order valence-electron chi connectivity index (χ3n) is 12.2. The molecule has 1 saturated carbocycles. The van der Waals surface area contributed by atoms with Gasteiger partial charge in [-0.25, -0.2) is 0 Å². The van der Waals surface area contributed by atoms with Gasteiger partial charge >= 0.3 is 0 Å². The Morgan fingerprint density at radius 2 is 1.49 bits per heavy atom. The van der Waals surface area contributed by atoms with E-state index in [-0.39, 0.29) is 57.4 Å². The van der Waals surface area contributed by atoms with E-state index in [1.54, 1.807) is 54.6 Å². The van der Waals surface area contributed by atoms with Crippen molar-refractivity contribution in [1.29, 1.82) is 5.26 Å². The fourth-order valence-electron chi connectivity index (χ4n) is 8.98. The SMILES string of the molecule is CC1(C)C(NC(=O)c2ccc(-c3ccc(OCCOCC(=O)N[C@H](C(=O)N4C[C@H](O)C[C@H]4C(=O)NCc4ccc(Cl)cc4)C(C)(C)C)cc3)cc2)C(C)(C)C1Oc1ccc(C#N)c(Cl)c1. The van der Waals surface area contributed by atoms with E-state index in [1.807, 2.05) is 57.2 Å². The first kappa shape index (κ1) is 48.8. The molecule has 2 aliphatic rings. The van der Waals surface area contributed by atoms with Gasteiger partial charge < -0.3 is 40.2 Å². The number of carbonyl (C=O) groups excluding carboxylic acids is 4. The second kappa shape index (κ2) is 20.3. The van der Waals surface area contributed by atoms with Crippen LogP contribution in [0, 0.1) is 27.6 Å². The van der Waals surface area contributed by atoms with Crippen LogP contribution in [0.1, 0.15) is 76.4 Å². The summed E-state index contributed by atoms with van der Waals surface area (Å²) in [5.74, 6) is -0.373. The zero-order chi connectivity index (χ0) is 47.3. The number of likely N-dealkylation sites (tertiary alicyclic amines) is 1. The third kappa shape index (κ3) is 11.6. The summed E-state index contributed by atoms with van der Waals surface area (Å²) in [5.41, 5.74) is 2.09. The molecule has 0 unspecified atom stereocenters. The normalized spacial score (nSPS) is 20.1. The summed E-state index contributed by atoms with van der Waals surface area (Å²) in [7, 11) is 0. The fraction of sp³-hybridized carbons (Fsp3) is 0.420. The van der Waals surface area contributed by atoms with Crippen LogP contribution in [0.5, 0.6) is 11.5 Å². The van der Waals surface area contributed by atoms with Crippen molar-refractivity contribution in [2.45, 2.75) is 91.8 Å². The van der Waals surface area contributed by atoms with Crippen LogP contribution in [-0.2, 0) is 25.7 Å². The quantitative estimate of drug-likeness (QED) is 0.0837. The molecule has 1 aliphatic carbocycles. The first-order chi connectivity index (χ1) is 30.7. The highest BCUT2D eigenvalue weighted by molar-refractivity contribution is 6.31. The molecule has 0 radical (unpaired) electrons. The second-order valence-electron chi connectivity index (χ2n) is 18.9. The van der Waals surface area contributed by atoms with E-state index in [2.05, 4.69) is 49.7 Å². The number of benzene rings is 4. The number of nitriles is 1. The zero-order valence-electron chi connectivity index (χ0n) is 37.7. The van der Waals surface area contributed by atoms with Gasteiger partial charge in [-0.15, -0.1) is 0 Å². The Labute approximate surface area is 390 Å². The van der Waals surface area contributed by atoms with E-state index >= 15 is 0 Å². The number of nitrogens with zero attached hydrogens (tertiary/aromatic N) is 2. The summed E-state index contributed by atoms with van der Waals surface area (Å²) in [6.45, 7) is 13.8. The number of aliphatic hydroxyl groups excluding tert-OH is 1. The Morgan fingerprint density at radius 1 is 0.877 bits per heavy atom. The van der Waals surface area contributed by atoms with E-state index in [1.165, 1.54) is 4.90 Å². The van der Waals surface area contributed by atoms with E-state index < -0.39 is 52.2 Å². The van der Waals surface area contributed by atoms with Crippen molar-refractivity contribution in [3.8, 4) is 28.7 Å². The maximum Gasteiger partial charge on any atom is 0.251 e. The Hall–Kier alpha value is -5.65.